The SMILES string of the molecule is CCC(C)C(N)C(=O)NC(CCSC)C(=O)NC(CCSC)C(=O)NC(CS)C(=O)O. The van der Waals surface area contributed by atoms with Gasteiger partial charge in [0.05, 0.1) is 6.04 Å². The fourth-order valence-corrected chi connectivity index (χ4v) is 3.71. The average Bonchev–Trinajstić information content (AvgIpc) is 2.75. The molecule has 0 aromatic rings. The molecule has 0 rings (SSSR count). The van der Waals surface area contributed by atoms with Gasteiger partial charge in [-0.1, -0.05) is 20.3 Å². The first kappa shape index (κ1) is 29.9. The monoisotopic (exact) mass is 496 g/mol. The van der Waals surface area contributed by atoms with Gasteiger partial charge < -0.3 is 26.8 Å². The number of hydrogen-bond donors (Lipinski definition) is 6. The largest absolute Gasteiger partial charge is 0.480 e. The quantitative estimate of drug-likeness (QED) is 0.167. The molecule has 0 saturated heterocycles. The number of nitrogens with two attached hydrogens (primary N) is 1. The standard InChI is InChI=1S/C19H36N4O5S3/c1-5-11(2)15(20)18(26)22-13(7-9-31-4)16(24)21-12(6-8-30-3)17(25)23-14(10-29)19(27)28/h11-15,29H,5-10,20H2,1-4H3,(H,21,24)(H,22,26)(H,23,25)(H,27,28). The minimum Gasteiger partial charge on any atom is -0.480 e. The molecular weight excluding hydrogens is 460 g/mol. The first-order valence-corrected chi connectivity index (χ1v) is 13.5. The number of aliphatic carboxylic acids is 1. The Morgan fingerprint density at radius 3 is 1.68 bits per heavy atom. The number of carboxylic acids is 1. The van der Waals surface area contributed by atoms with Gasteiger partial charge in [-0.25, -0.2) is 4.79 Å². The highest BCUT2D eigenvalue weighted by atomic mass is 32.2. The van der Waals surface area contributed by atoms with Crippen LogP contribution in [-0.4, -0.2) is 82.7 Å². The predicted octanol–water partition coefficient (Wildman–Crippen LogP) is 0.335. The Morgan fingerprint density at radius 2 is 1.32 bits per heavy atom. The third-order valence-electron chi connectivity index (χ3n) is 4.84. The van der Waals surface area contributed by atoms with Gasteiger partial charge >= 0.3 is 5.97 Å². The van der Waals surface area contributed by atoms with Gasteiger partial charge in [-0.15, -0.1) is 0 Å². The van der Waals surface area contributed by atoms with Crippen LogP contribution in [0.1, 0.15) is 33.1 Å². The number of carbonyl (C=O) groups is 4. The smallest absolute Gasteiger partial charge is 0.327 e. The molecule has 0 saturated carbocycles. The van der Waals surface area contributed by atoms with Crippen LogP contribution in [0, 0.1) is 5.92 Å². The first-order valence-electron chi connectivity index (χ1n) is 10.1. The number of carboxylic acid groups (broad SMARTS) is 1. The molecule has 0 fully saturated rings. The molecule has 5 atom stereocenters. The Balaban J connectivity index is 5.35. The van der Waals surface area contributed by atoms with Gasteiger partial charge in [0.15, 0.2) is 0 Å². The van der Waals surface area contributed by atoms with Crippen molar-refractivity contribution in [3.8, 4) is 0 Å². The zero-order chi connectivity index (χ0) is 24.0. The van der Waals surface area contributed by atoms with E-state index in [0.29, 0.717) is 24.3 Å². The number of hydrogen-bond acceptors (Lipinski definition) is 8. The van der Waals surface area contributed by atoms with Crippen LogP contribution >= 0.6 is 36.2 Å². The Morgan fingerprint density at radius 1 is 0.903 bits per heavy atom. The van der Waals surface area contributed by atoms with Gasteiger partial charge in [0, 0.05) is 5.75 Å². The predicted molar refractivity (Wildman–Crippen MR) is 131 cm³/mol. The van der Waals surface area contributed by atoms with E-state index in [4.69, 9.17) is 10.8 Å². The summed E-state index contributed by atoms with van der Waals surface area (Å²) in [4.78, 5) is 49.2. The van der Waals surface area contributed by atoms with E-state index in [9.17, 15) is 19.2 Å². The lowest BCUT2D eigenvalue weighted by Gasteiger charge is -2.26. The Labute approximate surface area is 198 Å². The second-order valence-corrected chi connectivity index (χ2v) is 9.51. The highest BCUT2D eigenvalue weighted by Crippen LogP contribution is 2.09. The van der Waals surface area contributed by atoms with Crippen LogP contribution < -0.4 is 21.7 Å². The van der Waals surface area contributed by atoms with Crippen molar-refractivity contribution in [1.82, 2.24) is 16.0 Å². The maximum Gasteiger partial charge on any atom is 0.327 e. The molecule has 0 aliphatic heterocycles. The van der Waals surface area contributed by atoms with Gasteiger partial charge in [-0.3, -0.25) is 14.4 Å². The summed E-state index contributed by atoms with van der Waals surface area (Å²) in [6.07, 6.45) is 5.16. The van der Waals surface area contributed by atoms with Crippen molar-refractivity contribution in [2.24, 2.45) is 11.7 Å². The minimum atomic E-state index is -1.21. The van der Waals surface area contributed by atoms with Crippen LogP contribution in [0.5, 0.6) is 0 Å². The number of nitrogens with one attached hydrogen (secondary N) is 3. The molecule has 0 radical (unpaired) electrons. The van der Waals surface area contributed by atoms with E-state index in [1.165, 1.54) is 23.5 Å². The summed E-state index contributed by atoms with van der Waals surface area (Å²) in [7, 11) is 0. The van der Waals surface area contributed by atoms with E-state index in [1.54, 1.807) is 0 Å². The van der Waals surface area contributed by atoms with E-state index in [1.807, 2.05) is 26.4 Å². The van der Waals surface area contributed by atoms with Gasteiger partial charge in [0.1, 0.15) is 18.1 Å². The van der Waals surface area contributed by atoms with Gasteiger partial charge in [-0.05, 0) is 42.8 Å². The molecule has 0 aromatic heterocycles. The van der Waals surface area contributed by atoms with Crippen molar-refractivity contribution in [2.75, 3.05) is 29.8 Å². The Kier molecular flexibility index (Phi) is 15.9. The fraction of sp³-hybridized carbons (Fsp3) is 0.789. The van der Waals surface area contributed by atoms with E-state index >= 15 is 0 Å². The molecule has 12 heteroatoms. The van der Waals surface area contributed by atoms with Crippen LogP contribution in [0.4, 0.5) is 0 Å². The minimum absolute atomic E-state index is 0.0430. The summed E-state index contributed by atoms with van der Waals surface area (Å²) in [5, 5.41) is 16.9. The molecule has 6 N–H and O–H groups in total. The molecule has 0 heterocycles. The number of thioether (sulfide) groups is 2. The zero-order valence-corrected chi connectivity index (χ0v) is 21.1. The lowest BCUT2D eigenvalue weighted by molar-refractivity contribution is -0.141. The van der Waals surface area contributed by atoms with Gasteiger partial charge in [0.25, 0.3) is 0 Å². The third-order valence-corrected chi connectivity index (χ3v) is 6.50. The molecule has 5 unspecified atom stereocenters. The number of amides is 3. The summed E-state index contributed by atoms with van der Waals surface area (Å²) < 4.78 is 0. The van der Waals surface area contributed by atoms with Crippen molar-refractivity contribution in [3.05, 3.63) is 0 Å². The fourth-order valence-electron chi connectivity index (χ4n) is 2.52. The molecule has 0 bridgehead atoms. The highest BCUT2D eigenvalue weighted by Gasteiger charge is 2.30. The maximum atomic E-state index is 12.9. The van der Waals surface area contributed by atoms with Crippen molar-refractivity contribution >= 4 is 59.8 Å². The summed E-state index contributed by atoms with van der Waals surface area (Å²) >= 11 is 6.97. The lowest BCUT2D eigenvalue weighted by atomic mass is 9.99. The van der Waals surface area contributed by atoms with Crippen molar-refractivity contribution < 1.29 is 24.3 Å². The Hall–Kier alpha value is -1.11. The van der Waals surface area contributed by atoms with Crippen LogP contribution in [0.25, 0.3) is 0 Å². The van der Waals surface area contributed by atoms with Gasteiger partial charge in [0.2, 0.25) is 17.7 Å². The Bertz CT molecular complexity index is 597. The third kappa shape index (κ3) is 11.4. The lowest BCUT2D eigenvalue weighted by Crippen LogP contribution is -2.58. The normalized spacial score (nSPS) is 15.8. The second-order valence-electron chi connectivity index (χ2n) is 7.18. The summed E-state index contributed by atoms with van der Waals surface area (Å²) in [5.41, 5.74) is 5.98. The number of rotatable bonds is 16. The van der Waals surface area contributed by atoms with Crippen molar-refractivity contribution in [3.63, 3.8) is 0 Å². The number of thiol groups is 1. The van der Waals surface area contributed by atoms with E-state index < -0.39 is 47.9 Å². The summed E-state index contributed by atoms with van der Waals surface area (Å²) in [6.45, 7) is 3.80. The molecule has 3 amide bonds. The topological polar surface area (TPSA) is 151 Å². The van der Waals surface area contributed by atoms with Crippen LogP contribution in [0.2, 0.25) is 0 Å². The van der Waals surface area contributed by atoms with Gasteiger partial charge in [-0.2, -0.15) is 36.2 Å². The molecule has 31 heavy (non-hydrogen) atoms. The molecule has 0 aromatic carbocycles. The van der Waals surface area contributed by atoms with Crippen LogP contribution in [0.3, 0.4) is 0 Å². The average molecular weight is 497 g/mol. The van der Waals surface area contributed by atoms with Crippen LogP contribution in [-0.2, 0) is 19.2 Å². The van der Waals surface area contributed by atoms with Crippen molar-refractivity contribution in [1.29, 1.82) is 0 Å². The first-order chi connectivity index (χ1) is 14.6. The zero-order valence-electron chi connectivity index (χ0n) is 18.6. The molecule has 0 aliphatic carbocycles. The molecule has 9 nitrogen and oxygen atoms in total. The number of carbonyl (C=O) groups excluding carboxylic acids is 3. The highest BCUT2D eigenvalue weighted by molar-refractivity contribution is 7.98. The molecule has 0 aliphatic rings. The van der Waals surface area contributed by atoms with Crippen molar-refractivity contribution in [2.45, 2.75) is 57.3 Å². The second kappa shape index (κ2) is 16.5. The van der Waals surface area contributed by atoms with Crippen LogP contribution in [0.15, 0.2) is 0 Å². The van der Waals surface area contributed by atoms with E-state index in [0.717, 1.165) is 6.42 Å². The molecule has 0 spiro atoms. The summed E-state index contributed by atoms with van der Waals surface area (Å²) in [5.74, 6) is -1.64. The summed E-state index contributed by atoms with van der Waals surface area (Å²) in [6, 6.07) is -3.68. The molecule has 180 valence electrons. The van der Waals surface area contributed by atoms with E-state index in [-0.39, 0.29) is 11.7 Å². The maximum absolute atomic E-state index is 12.9. The van der Waals surface area contributed by atoms with E-state index in [2.05, 4.69) is 28.6 Å². The molecular formula is C19H36N4O5S3.